The van der Waals surface area contributed by atoms with Gasteiger partial charge in [0.15, 0.2) is 0 Å². The summed E-state index contributed by atoms with van der Waals surface area (Å²) in [4.78, 5) is 11.9. The van der Waals surface area contributed by atoms with Gasteiger partial charge in [0.1, 0.15) is 5.75 Å². The van der Waals surface area contributed by atoms with Crippen molar-refractivity contribution >= 4 is 40.8 Å². The fraction of sp³-hybridized carbons (Fsp3) is 0. The molecule has 2 rings (SSSR count). The average Bonchev–Trinajstić information content (AvgIpc) is 2.28. The van der Waals surface area contributed by atoms with Crippen molar-refractivity contribution in [2.45, 2.75) is 0 Å². The molecule has 18 heavy (non-hydrogen) atoms. The summed E-state index contributed by atoms with van der Waals surface area (Å²) in [6.45, 7) is 0. The number of hydrogen-bond donors (Lipinski definition) is 0. The molecule has 2 aromatic rings. The molecule has 0 aliphatic rings. The van der Waals surface area contributed by atoms with Crippen LogP contribution in [0.2, 0.25) is 15.1 Å². The first-order valence-corrected chi connectivity index (χ1v) is 6.13. The van der Waals surface area contributed by atoms with E-state index in [-0.39, 0.29) is 15.6 Å². The number of para-hydroxylation sites is 1. The molecule has 0 spiro atoms. The Morgan fingerprint density at radius 1 is 0.944 bits per heavy atom. The molecule has 0 atom stereocenters. The molecule has 2 nitrogen and oxygen atoms in total. The van der Waals surface area contributed by atoms with Gasteiger partial charge in [0.05, 0.1) is 15.6 Å². The highest BCUT2D eigenvalue weighted by Gasteiger charge is 2.17. The van der Waals surface area contributed by atoms with E-state index < -0.39 is 5.97 Å². The van der Waals surface area contributed by atoms with Gasteiger partial charge in [-0.2, -0.15) is 0 Å². The summed E-state index contributed by atoms with van der Waals surface area (Å²) in [5.74, 6) is -0.197. The fourth-order valence-corrected chi connectivity index (χ4v) is 2.36. The average molecular weight is 302 g/mol. The largest absolute Gasteiger partial charge is 0.423 e. The van der Waals surface area contributed by atoms with Crippen LogP contribution in [0.4, 0.5) is 0 Å². The number of carbonyl (C=O) groups is 1. The van der Waals surface area contributed by atoms with Gasteiger partial charge in [-0.25, -0.2) is 4.79 Å². The molecule has 0 radical (unpaired) electrons. The molecule has 0 bridgehead atoms. The lowest BCUT2D eigenvalue weighted by Crippen LogP contribution is -2.09. The quantitative estimate of drug-likeness (QED) is 0.584. The van der Waals surface area contributed by atoms with Crippen LogP contribution in [-0.2, 0) is 0 Å². The third-order valence-corrected chi connectivity index (χ3v) is 2.98. The van der Waals surface area contributed by atoms with Crippen molar-refractivity contribution in [2.75, 3.05) is 0 Å². The van der Waals surface area contributed by atoms with E-state index in [2.05, 4.69) is 0 Å². The van der Waals surface area contributed by atoms with E-state index in [0.29, 0.717) is 10.8 Å². The zero-order chi connectivity index (χ0) is 13.1. The maximum Gasteiger partial charge on any atom is 0.346 e. The van der Waals surface area contributed by atoms with Crippen LogP contribution in [0, 0.1) is 0 Å². The standard InChI is InChI=1S/C13H7Cl3O2/c14-8-6-10(15)12(11(16)7-8)13(17)18-9-4-2-1-3-5-9/h1-7H. The third kappa shape index (κ3) is 2.96. The smallest absolute Gasteiger partial charge is 0.346 e. The molecule has 0 saturated carbocycles. The molecule has 0 fully saturated rings. The Labute approximate surface area is 119 Å². The van der Waals surface area contributed by atoms with Crippen LogP contribution in [0.5, 0.6) is 5.75 Å². The van der Waals surface area contributed by atoms with E-state index in [4.69, 9.17) is 39.5 Å². The maximum atomic E-state index is 11.9. The molecule has 0 saturated heterocycles. The molecular weight excluding hydrogens is 294 g/mol. The van der Waals surface area contributed by atoms with Gasteiger partial charge >= 0.3 is 5.97 Å². The first-order chi connectivity index (χ1) is 8.58. The van der Waals surface area contributed by atoms with Crippen LogP contribution in [0.3, 0.4) is 0 Å². The first kappa shape index (κ1) is 13.2. The van der Waals surface area contributed by atoms with Crippen LogP contribution >= 0.6 is 34.8 Å². The number of esters is 1. The van der Waals surface area contributed by atoms with Crippen molar-refractivity contribution in [3.63, 3.8) is 0 Å². The van der Waals surface area contributed by atoms with Crippen molar-refractivity contribution in [3.8, 4) is 5.75 Å². The summed E-state index contributed by atoms with van der Waals surface area (Å²) < 4.78 is 5.15. The minimum absolute atomic E-state index is 0.103. The summed E-state index contributed by atoms with van der Waals surface area (Å²) >= 11 is 17.6. The number of rotatable bonds is 2. The molecule has 0 aliphatic carbocycles. The van der Waals surface area contributed by atoms with Crippen molar-refractivity contribution in [1.82, 2.24) is 0 Å². The lowest BCUT2D eigenvalue weighted by Gasteiger charge is -2.07. The molecule has 0 N–H and O–H groups in total. The van der Waals surface area contributed by atoms with Crippen LogP contribution < -0.4 is 4.74 Å². The monoisotopic (exact) mass is 300 g/mol. The Balaban J connectivity index is 2.30. The predicted molar refractivity (Wildman–Crippen MR) is 72.9 cm³/mol. The second-order valence-corrected chi connectivity index (χ2v) is 4.70. The van der Waals surface area contributed by atoms with Crippen molar-refractivity contribution in [2.24, 2.45) is 0 Å². The van der Waals surface area contributed by atoms with Crippen molar-refractivity contribution < 1.29 is 9.53 Å². The van der Waals surface area contributed by atoms with E-state index >= 15 is 0 Å². The van der Waals surface area contributed by atoms with Crippen LogP contribution in [0.15, 0.2) is 42.5 Å². The molecule has 0 aromatic heterocycles. The normalized spacial score (nSPS) is 10.2. The van der Waals surface area contributed by atoms with Gasteiger partial charge in [0, 0.05) is 5.02 Å². The summed E-state index contributed by atoms with van der Waals surface area (Å²) in [6, 6.07) is 11.5. The van der Waals surface area contributed by atoms with Crippen LogP contribution in [0.1, 0.15) is 10.4 Å². The van der Waals surface area contributed by atoms with E-state index in [0.717, 1.165) is 0 Å². The lowest BCUT2D eigenvalue weighted by molar-refractivity contribution is 0.0735. The lowest BCUT2D eigenvalue weighted by atomic mass is 10.2. The van der Waals surface area contributed by atoms with Gasteiger partial charge in [-0.1, -0.05) is 53.0 Å². The minimum atomic E-state index is -0.618. The molecule has 92 valence electrons. The second-order valence-electron chi connectivity index (χ2n) is 3.45. The first-order valence-electron chi connectivity index (χ1n) is 4.99. The number of hydrogen-bond acceptors (Lipinski definition) is 2. The topological polar surface area (TPSA) is 26.3 Å². The molecule has 0 aliphatic heterocycles. The van der Waals surface area contributed by atoms with Gasteiger partial charge in [-0.15, -0.1) is 0 Å². The molecule has 2 aromatic carbocycles. The molecule has 0 unspecified atom stereocenters. The summed E-state index contributed by atoms with van der Waals surface area (Å²) in [5, 5.41) is 0.683. The highest BCUT2D eigenvalue weighted by molar-refractivity contribution is 6.41. The Morgan fingerprint density at radius 3 is 2.06 bits per heavy atom. The van der Waals surface area contributed by atoms with Gasteiger partial charge in [0.2, 0.25) is 0 Å². The molecule has 0 amide bonds. The van der Waals surface area contributed by atoms with Crippen molar-refractivity contribution in [3.05, 3.63) is 63.1 Å². The zero-order valence-corrected chi connectivity index (χ0v) is 11.3. The van der Waals surface area contributed by atoms with E-state index in [9.17, 15) is 4.79 Å². The van der Waals surface area contributed by atoms with E-state index in [1.807, 2.05) is 6.07 Å². The van der Waals surface area contributed by atoms with E-state index in [1.165, 1.54) is 12.1 Å². The van der Waals surface area contributed by atoms with Gasteiger partial charge in [-0.3, -0.25) is 0 Å². The maximum absolute atomic E-state index is 11.9. The van der Waals surface area contributed by atoms with E-state index in [1.54, 1.807) is 24.3 Å². The number of ether oxygens (including phenoxy) is 1. The highest BCUT2D eigenvalue weighted by atomic mass is 35.5. The van der Waals surface area contributed by atoms with Crippen molar-refractivity contribution in [1.29, 1.82) is 0 Å². The fourth-order valence-electron chi connectivity index (χ4n) is 1.38. The summed E-state index contributed by atoms with van der Waals surface area (Å²) in [7, 11) is 0. The zero-order valence-electron chi connectivity index (χ0n) is 8.99. The Hall–Kier alpha value is -1.22. The summed E-state index contributed by atoms with van der Waals surface area (Å²) in [5.41, 5.74) is 0.103. The van der Waals surface area contributed by atoms with Gasteiger partial charge in [0.25, 0.3) is 0 Å². The van der Waals surface area contributed by atoms with Crippen LogP contribution in [0.25, 0.3) is 0 Å². The number of benzene rings is 2. The van der Waals surface area contributed by atoms with Gasteiger partial charge < -0.3 is 4.74 Å². The van der Waals surface area contributed by atoms with Gasteiger partial charge in [-0.05, 0) is 24.3 Å². The SMILES string of the molecule is O=C(Oc1ccccc1)c1c(Cl)cc(Cl)cc1Cl. The Kier molecular flexibility index (Phi) is 4.12. The third-order valence-electron chi connectivity index (χ3n) is 2.16. The summed E-state index contributed by atoms with van der Waals surface area (Å²) in [6.07, 6.45) is 0. The molecule has 5 heteroatoms. The second kappa shape index (κ2) is 5.61. The Bertz CT molecular complexity index is 559. The predicted octanol–water partition coefficient (Wildman–Crippen LogP) is 4.87. The van der Waals surface area contributed by atoms with Crippen LogP contribution in [-0.4, -0.2) is 5.97 Å². The number of halogens is 3. The molecular formula is C13H7Cl3O2. The number of carbonyl (C=O) groups excluding carboxylic acids is 1. The minimum Gasteiger partial charge on any atom is -0.423 e. The highest BCUT2D eigenvalue weighted by Crippen LogP contribution is 2.29. The molecule has 0 heterocycles. The Morgan fingerprint density at radius 2 is 1.50 bits per heavy atom.